The van der Waals surface area contributed by atoms with Crippen LogP contribution in [0.5, 0.6) is 0 Å². The molecule has 6 aliphatic carbocycles. The topological polar surface area (TPSA) is 3.24 Å². The Hall–Kier alpha value is -5.40. The molecule has 0 heterocycles. The Balaban J connectivity index is 1.10. The number of nitrogens with zero attached hydrogens (tertiary/aromatic N) is 1. The largest absolute Gasteiger partial charge is 0.310 e. The molecule has 0 unspecified atom stereocenters. The number of hydrogen-bond donors (Lipinski definition) is 0. The fraction of sp³-hybridized carbons (Fsp3) is 0.245. The van der Waals surface area contributed by atoms with Crippen molar-refractivity contribution < 1.29 is 0 Å². The van der Waals surface area contributed by atoms with Gasteiger partial charge in [0.15, 0.2) is 0 Å². The molecule has 7 aromatic carbocycles. The fourth-order valence-corrected chi connectivity index (χ4v) is 13.0. The lowest BCUT2D eigenvalue weighted by atomic mass is 9.43. The minimum Gasteiger partial charge on any atom is -0.310 e. The maximum atomic E-state index is 2.65. The van der Waals surface area contributed by atoms with Gasteiger partial charge in [0.05, 0.1) is 5.69 Å². The summed E-state index contributed by atoms with van der Waals surface area (Å²) >= 11 is 0. The average molecular weight is 696 g/mol. The van der Waals surface area contributed by atoms with Crippen molar-refractivity contribution >= 4 is 27.8 Å². The zero-order valence-electron chi connectivity index (χ0n) is 31.2. The summed E-state index contributed by atoms with van der Waals surface area (Å²) in [4.78, 5) is 2.59. The first-order valence-electron chi connectivity index (χ1n) is 20.4. The highest BCUT2D eigenvalue weighted by Gasteiger charge is 2.61. The van der Waals surface area contributed by atoms with Crippen molar-refractivity contribution in [3.63, 3.8) is 0 Å². The minimum absolute atomic E-state index is 0.111. The van der Waals surface area contributed by atoms with Crippen molar-refractivity contribution in [1.29, 1.82) is 0 Å². The second-order valence-corrected chi connectivity index (χ2v) is 17.7. The molecule has 4 fully saturated rings. The zero-order valence-corrected chi connectivity index (χ0v) is 31.2. The lowest BCUT2D eigenvalue weighted by Gasteiger charge is -2.61. The van der Waals surface area contributed by atoms with Crippen LogP contribution in [0, 0.1) is 23.7 Å². The summed E-state index contributed by atoms with van der Waals surface area (Å²) < 4.78 is 0. The Morgan fingerprint density at radius 2 is 0.963 bits per heavy atom. The molecule has 0 atom stereocenters. The van der Waals surface area contributed by atoms with Crippen LogP contribution in [0.2, 0.25) is 0 Å². The Labute approximate surface area is 319 Å². The van der Waals surface area contributed by atoms with Gasteiger partial charge in [0.25, 0.3) is 0 Å². The van der Waals surface area contributed by atoms with E-state index in [1.807, 2.05) is 0 Å². The Morgan fingerprint density at radius 3 is 1.72 bits per heavy atom. The molecule has 4 saturated carbocycles. The number of rotatable bonds is 4. The molecule has 1 spiro atoms. The predicted octanol–water partition coefficient (Wildman–Crippen LogP) is 14.0. The van der Waals surface area contributed by atoms with E-state index in [1.165, 1.54) is 104 Å². The fourth-order valence-electron chi connectivity index (χ4n) is 13.0. The first-order chi connectivity index (χ1) is 26.5. The molecule has 0 amide bonds. The van der Waals surface area contributed by atoms with E-state index in [9.17, 15) is 0 Å². The van der Waals surface area contributed by atoms with Crippen LogP contribution in [0.25, 0.3) is 44.2 Å². The first-order valence-corrected chi connectivity index (χ1v) is 20.4. The standard InChI is InChI=1S/C53H45N/c1-52(2)47-19-8-5-15-42(47)45-17-11-18-46(51(45)52)44-16-7-10-21-50(44)54(39-23-22-35-12-3-4-13-36(35)31-39)40-24-25-43-41-14-6-9-20-48(41)53(49(43)32-40)37-27-33-26-34(29-37)30-38(53)28-33/h3-25,31-34,37-38H,26-30H2,1-2H3. The van der Waals surface area contributed by atoms with E-state index in [0.717, 1.165) is 23.7 Å². The lowest BCUT2D eigenvalue weighted by Crippen LogP contribution is -2.55. The smallest absolute Gasteiger partial charge is 0.0540 e. The highest BCUT2D eigenvalue weighted by atomic mass is 15.1. The highest BCUT2D eigenvalue weighted by Crippen LogP contribution is 2.69. The number of para-hydroxylation sites is 1. The van der Waals surface area contributed by atoms with Gasteiger partial charge in [-0.25, -0.2) is 0 Å². The molecular weight excluding hydrogens is 651 g/mol. The summed E-state index contributed by atoms with van der Waals surface area (Å²) in [6.07, 6.45) is 7.02. The Kier molecular flexibility index (Phi) is 6.36. The number of hydrogen-bond acceptors (Lipinski definition) is 1. The van der Waals surface area contributed by atoms with E-state index in [2.05, 4.69) is 170 Å². The van der Waals surface area contributed by atoms with E-state index in [0.29, 0.717) is 0 Å². The number of fused-ring (bicyclic) bond motifs is 7. The summed E-state index contributed by atoms with van der Waals surface area (Å²) in [5.41, 5.74) is 18.0. The van der Waals surface area contributed by atoms with Crippen LogP contribution >= 0.6 is 0 Å². The van der Waals surface area contributed by atoms with Gasteiger partial charge in [0, 0.05) is 27.8 Å². The van der Waals surface area contributed by atoms with Crippen LogP contribution in [0.3, 0.4) is 0 Å². The molecular formula is C53H45N. The third-order valence-electron chi connectivity index (χ3n) is 14.8. The van der Waals surface area contributed by atoms with Gasteiger partial charge in [-0.1, -0.05) is 135 Å². The van der Waals surface area contributed by atoms with Crippen molar-refractivity contribution in [2.75, 3.05) is 4.90 Å². The van der Waals surface area contributed by atoms with Gasteiger partial charge >= 0.3 is 0 Å². The van der Waals surface area contributed by atoms with Crippen LogP contribution < -0.4 is 4.90 Å². The van der Waals surface area contributed by atoms with Crippen LogP contribution in [-0.2, 0) is 10.8 Å². The van der Waals surface area contributed by atoms with E-state index >= 15 is 0 Å². The van der Waals surface area contributed by atoms with Crippen LogP contribution in [-0.4, -0.2) is 0 Å². The molecule has 1 nitrogen and oxygen atoms in total. The molecule has 1 heteroatoms. The summed E-state index contributed by atoms with van der Waals surface area (Å²) in [5.74, 6) is 3.29. The molecule has 262 valence electrons. The van der Waals surface area contributed by atoms with Gasteiger partial charge in [-0.3, -0.25) is 0 Å². The average Bonchev–Trinajstić information content (AvgIpc) is 3.63. The molecule has 0 saturated heterocycles. The van der Waals surface area contributed by atoms with Gasteiger partial charge in [0.2, 0.25) is 0 Å². The van der Waals surface area contributed by atoms with Crippen molar-refractivity contribution in [2.24, 2.45) is 23.7 Å². The van der Waals surface area contributed by atoms with Gasteiger partial charge < -0.3 is 4.90 Å². The first kappa shape index (κ1) is 31.0. The number of anilines is 3. The SMILES string of the molecule is CC1(C)c2ccccc2-c2cccc(-c3ccccc3N(c3ccc4c(c3)C3(c5ccccc5-4)C4CC5CC(C4)CC3C5)c3ccc4ccccc4c3)c21. The second kappa shape index (κ2) is 11.1. The van der Waals surface area contributed by atoms with Crippen molar-refractivity contribution in [1.82, 2.24) is 0 Å². The van der Waals surface area contributed by atoms with Crippen molar-refractivity contribution in [2.45, 2.75) is 56.8 Å². The predicted molar refractivity (Wildman–Crippen MR) is 225 cm³/mol. The highest BCUT2D eigenvalue weighted by molar-refractivity contribution is 5.97. The van der Waals surface area contributed by atoms with Gasteiger partial charge in [-0.05, 0) is 147 Å². The van der Waals surface area contributed by atoms with Crippen molar-refractivity contribution in [3.8, 4) is 33.4 Å². The maximum absolute atomic E-state index is 2.65. The maximum Gasteiger partial charge on any atom is 0.0540 e. The van der Waals surface area contributed by atoms with Gasteiger partial charge in [-0.15, -0.1) is 0 Å². The zero-order chi connectivity index (χ0) is 35.8. The third kappa shape index (κ3) is 4.05. The van der Waals surface area contributed by atoms with E-state index in [4.69, 9.17) is 0 Å². The molecule has 54 heavy (non-hydrogen) atoms. The van der Waals surface area contributed by atoms with Crippen LogP contribution in [0.15, 0.2) is 152 Å². The molecule has 0 aromatic heterocycles. The van der Waals surface area contributed by atoms with Crippen LogP contribution in [0.4, 0.5) is 17.1 Å². The lowest BCUT2D eigenvalue weighted by molar-refractivity contribution is -0.0399. The quantitative estimate of drug-likeness (QED) is 0.177. The summed E-state index contributed by atoms with van der Waals surface area (Å²) in [6.45, 7) is 4.82. The molecule has 13 rings (SSSR count). The Bertz CT molecular complexity index is 2650. The summed E-state index contributed by atoms with van der Waals surface area (Å²) in [5, 5.41) is 2.53. The van der Waals surface area contributed by atoms with E-state index in [-0.39, 0.29) is 10.8 Å². The molecule has 4 bridgehead atoms. The summed E-state index contributed by atoms with van der Waals surface area (Å²) in [6, 6.07) is 58.1. The third-order valence-corrected chi connectivity index (χ3v) is 14.8. The minimum atomic E-state index is -0.116. The molecule has 6 aliphatic rings. The molecule has 0 N–H and O–H groups in total. The van der Waals surface area contributed by atoms with E-state index in [1.54, 1.807) is 11.1 Å². The van der Waals surface area contributed by atoms with Gasteiger partial charge in [-0.2, -0.15) is 0 Å². The normalized spacial score (nSPS) is 24.7. The Morgan fingerprint density at radius 1 is 0.426 bits per heavy atom. The van der Waals surface area contributed by atoms with E-state index < -0.39 is 0 Å². The second-order valence-electron chi connectivity index (χ2n) is 17.7. The molecule has 7 aromatic rings. The van der Waals surface area contributed by atoms with Crippen LogP contribution in [0.1, 0.15) is 68.2 Å². The van der Waals surface area contributed by atoms with Crippen molar-refractivity contribution in [3.05, 3.63) is 174 Å². The van der Waals surface area contributed by atoms with Gasteiger partial charge in [0.1, 0.15) is 0 Å². The molecule has 0 aliphatic heterocycles. The number of benzene rings is 7. The monoisotopic (exact) mass is 695 g/mol. The molecule has 0 radical (unpaired) electrons. The summed E-state index contributed by atoms with van der Waals surface area (Å²) in [7, 11) is 0.